The smallest absolute Gasteiger partial charge is 0.312 e. The lowest BCUT2D eigenvalue weighted by molar-refractivity contribution is -0.135. The van der Waals surface area contributed by atoms with Crippen molar-refractivity contribution in [1.82, 2.24) is 95.7 Å². The lowest BCUT2D eigenvalue weighted by Gasteiger charge is -2.28. The van der Waals surface area contributed by atoms with Crippen LogP contribution in [0.1, 0.15) is 139 Å². The molecule has 3 aromatic rings. The third-order valence-corrected chi connectivity index (χ3v) is 24.8. The van der Waals surface area contributed by atoms with Crippen molar-refractivity contribution in [3.05, 3.63) is 108 Å². The first-order valence-electron chi connectivity index (χ1n) is 45.4. The third kappa shape index (κ3) is 48.9. The van der Waals surface area contributed by atoms with Gasteiger partial charge in [-0.05, 0) is 170 Å². The van der Waals surface area contributed by atoms with E-state index in [1.807, 2.05) is 12.1 Å². The SMILES string of the molecule is C[C@@H]1/C=C/[C@@H](CCCCN)NC(=O)[C@H](CCCCN)NC(=O)[C@H](CCCNC(=N)N)NC(=O)[C@H](Cc2ccc(O)cc2)NC(=O)[C@@H](NC(=O)[C@H](CSCc2ccccc2)NC(=O)[C@H](CCCNC(=N)N)NC(=O)[C@@H](N)CCCNC(=N)N)CSSC[C@@H](C(=O)N[C@@H](CCCNC(=N)N)C(N)=O)NC(=O)[C@H](CCCNC(N)=O)NC(=O)[C@H](CCCNC(=N)N)NC(=O)[C@H](Cc2ccc(O)cc2)NC1=O. The number of primary amides is 2. The van der Waals surface area contributed by atoms with Gasteiger partial charge in [0.2, 0.25) is 76.8 Å². The van der Waals surface area contributed by atoms with Crippen molar-refractivity contribution in [2.24, 2.45) is 63.3 Å². The number of hydrogen-bond acceptors (Lipinski definition) is 27. The molecule has 0 spiro atoms. The Morgan fingerprint density at radius 1 is 0.413 bits per heavy atom. The number of benzene rings is 3. The lowest BCUT2D eigenvalue weighted by Crippen LogP contribution is -2.61. The Balaban J connectivity index is 2.13. The van der Waals surface area contributed by atoms with Crippen LogP contribution in [0.4, 0.5) is 4.79 Å². The molecule has 1 aliphatic heterocycles. The first-order chi connectivity index (χ1) is 65.7. The van der Waals surface area contributed by atoms with E-state index in [1.165, 1.54) is 73.3 Å². The summed E-state index contributed by atoms with van der Waals surface area (Å²) >= 11 is 1.17. The monoisotopic (exact) mass is 1990 g/mol. The molecular weight excluding hydrogens is 1850 g/mol. The van der Waals surface area contributed by atoms with Crippen LogP contribution in [0.25, 0.3) is 0 Å². The van der Waals surface area contributed by atoms with Gasteiger partial charge < -0.3 is 163 Å². The Bertz CT molecular complexity index is 4500. The van der Waals surface area contributed by atoms with Crippen LogP contribution >= 0.6 is 33.3 Å². The summed E-state index contributed by atoms with van der Waals surface area (Å²) in [6.07, 6.45) is 3.37. The Hall–Kier alpha value is -13.3. The second-order valence-electron chi connectivity index (χ2n) is 32.7. The predicted octanol–water partition coefficient (Wildman–Crippen LogP) is -5.94. The van der Waals surface area contributed by atoms with E-state index in [0.717, 1.165) is 27.2 Å². The first kappa shape index (κ1) is 117. The summed E-state index contributed by atoms with van der Waals surface area (Å²) in [4.78, 5) is 207. The number of hydrogen-bond donors (Lipinski definition) is 35. The van der Waals surface area contributed by atoms with Gasteiger partial charge in [0.1, 0.15) is 78.0 Å². The molecule has 52 heteroatoms. The van der Waals surface area contributed by atoms with Crippen molar-refractivity contribution in [2.45, 2.75) is 220 Å². The molecule has 0 saturated heterocycles. The summed E-state index contributed by atoms with van der Waals surface area (Å²) in [5, 5.41) is 108. The van der Waals surface area contributed by atoms with E-state index in [2.05, 4.69) is 95.7 Å². The van der Waals surface area contributed by atoms with Crippen molar-refractivity contribution >= 4 is 146 Å². The van der Waals surface area contributed by atoms with Gasteiger partial charge in [-0.15, -0.1) is 0 Å². The molecule has 0 aliphatic carbocycles. The number of carbonyl (C=O) groups excluding carboxylic acids is 14. The maximum absolute atomic E-state index is 15.9. The highest BCUT2D eigenvalue weighted by Crippen LogP contribution is 2.25. The number of phenols is 2. The molecule has 4 rings (SSSR count). The second-order valence-corrected chi connectivity index (χ2v) is 36.3. The number of urea groups is 1. The number of carbonyl (C=O) groups is 14. The van der Waals surface area contributed by atoms with Crippen molar-refractivity contribution in [1.29, 1.82) is 27.0 Å². The first-order valence-corrected chi connectivity index (χ1v) is 49.0. The molecule has 3 aromatic carbocycles. The summed E-state index contributed by atoms with van der Waals surface area (Å²) < 4.78 is 0. The molecule has 0 bridgehead atoms. The molecule has 0 unspecified atom stereocenters. The molecule has 0 radical (unpaired) electrons. The molecule has 15 amide bonds. The van der Waals surface area contributed by atoms with E-state index < -0.39 is 209 Å². The van der Waals surface area contributed by atoms with Crippen LogP contribution in [0.3, 0.4) is 0 Å². The van der Waals surface area contributed by atoms with Crippen molar-refractivity contribution in [2.75, 3.05) is 69.6 Å². The molecule has 1 aliphatic rings. The van der Waals surface area contributed by atoms with Crippen LogP contribution in [0, 0.1) is 33.0 Å². The van der Waals surface area contributed by atoms with E-state index in [9.17, 15) is 34.2 Å². The molecule has 0 aromatic heterocycles. The lowest BCUT2D eigenvalue weighted by atomic mass is 10.0. The number of phenolic OH excluding ortho intramolecular Hbond substituents is 2. The zero-order valence-corrected chi connectivity index (χ0v) is 79.9. The summed E-state index contributed by atoms with van der Waals surface area (Å²) in [6, 6.07) is -0.663. The fraction of sp³-hybridized carbons (Fsp3) is 0.547. The van der Waals surface area contributed by atoms with Gasteiger partial charge >= 0.3 is 6.03 Å². The molecule has 138 heavy (non-hydrogen) atoms. The minimum Gasteiger partial charge on any atom is -0.508 e. The summed E-state index contributed by atoms with van der Waals surface area (Å²) in [6.45, 7) is 1.89. The van der Waals surface area contributed by atoms with E-state index in [4.69, 9.17) is 84.4 Å². The zero-order chi connectivity index (χ0) is 102. The Labute approximate surface area is 813 Å². The fourth-order valence-corrected chi connectivity index (χ4v) is 17.0. The van der Waals surface area contributed by atoms with Gasteiger partial charge in [0.05, 0.1) is 12.0 Å². The molecule has 0 fully saturated rings. The van der Waals surface area contributed by atoms with E-state index in [1.54, 1.807) is 24.3 Å². The summed E-state index contributed by atoms with van der Waals surface area (Å²) in [7, 11) is 1.56. The van der Waals surface area contributed by atoms with Gasteiger partial charge in [-0.25, -0.2) is 4.79 Å². The van der Waals surface area contributed by atoms with Crippen LogP contribution < -0.4 is 153 Å². The van der Waals surface area contributed by atoms with Crippen LogP contribution in [0.5, 0.6) is 11.5 Å². The maximum atomic E-state index is 15.9. The highest BCUT2D eigenvalue weighted by molar-refractivity contribution is 8.76. The van der Waals surface area contributed by atoms with Gasteiger partial charge in [-0.1, -0.05) is 95.3 Å². The molecule has 49 nitrogen and oxygen atoms in total. The van der Waals surface area contributed by atoms with Crippen molar-refractivity contribution in [3.63, 3.8) is 0 Å². The second kappa shape index (κ2) is 65.4. The normalized spacial score (nSPS) is 20.2. The van der Waals surface area contributed by atoms with Crippen LogP contribution in [0.15, 0.2) is 91.0 Å². The summed E-state index contributed by atoms with van der Waals surface area (Å²) in [5.74, 6) is -17.1. The van der Waals surface area contributed by atoms with Crippen LogP contribution in [-0.4, -0.2) is 271 Å². The number of rotatable bonds is 49. The van der Waals surface area contributed by atoms with E-state index >= 15 is 43.2 Å². The number of nitrogens with one attached hydrogen (secondary N) is 23. The number of thioether (sulfide) groups is 1. The standard InChI is InChI=1S/C86H141N33O16S3/c1-49-25-30-53(17-5-7-35-87)108-71(125)58(19-6-8-36-88)111-72(126)60(22-12-40-105-84(97)98)114-77(131)64(44-51-28-33-55(121)34-29-51)116-80(134)67(119-78(132)65(46-136-45-52-15-3-2-4-16-52)117-74(128)59(21-11-39-104-83(95)96)110-70(124)56(89)18-9-37-102-81(91)92)48-138-137-47-66(79(133)109-57(68(90)122)20-10-38-103-82(93)94)118-75(129)62(24-14-42-107-86(101)135)112-73(127)61(23-13-41-106-85(99)100)113-76(130)63(115-69(49)123)43-50-26-31-54(120)32-27-50/h2-4,15-16,25-34,49,53,56-67,120-121H,5-14,17-24,35-48,87-89H2,1H3,(H2,90,122)(H,108,125)(H,109,133)(H,110,124)(H,111,126)(H,112,127)(H,113,130)(H,114,131)(H,115,123)(H,116,134)(H,117,128)(H,118,129)(H,119,132)(H4,91,92,102)(H4,93,94,103)(H4,95,96,104)(H4,97,98,105)(H4,99,100,106)(H3,101,107,135)/b30-25+/t49-,53-,56+,57+,58+,59+,60+,61+,62+,63+,64+,65+,66+,67+/m1/s1. The van der Waals surface area contributed by atoms with Gasteiger partial charge in [-0.2, -0.15) is 11.8 Å². The molecule has 14 atom stereocenters. The van der Waals surface area contributed by atoms with E-state index in [-0.39, 0.29) is 184 Å². The molecule has 764 valence electrons. The molecule has 0 saturated carbocycles. The van der Waals surface area contributed by atoms with Crippen LogP contribution in [0.2, 0.25) is 0 Å². The van der Waals surface area contributed by atoms with Gasteiger partial charge in [0, 0.05) is 81.2 Å². The zero-order valence-electron chi connectivity index (χ0n) is 77.5. The largest absolute Gasteiger partial charge is 0.508 e. The number of aromatic hydroxyl groups is 2. The average Bonchev–Trinajstić information content (AvgIpc) is 0.834. The van der Waals surface area contributed by atoms with Crippen molar-refractivity contribution < 1.29 is 77.3 Å². The number of guanidine groups is 5. The van der Waals surface area contributed by atoms with Gasteiger partial charge in [0.25, 0.3) is 0 Å². The minimum atomic E-state index is -1.84. The molecule has 1 heterocycles. The third-order valence-electron chi connectivity index (χ3n) is 21.2. The van der Waals surface area contributed by atoms with Gasteiger partial charge in [-0.3, -0.25) is 89.4 Å². The maximum Gasteiger partial charge on any atom is 0.312 e. The highest BCUT2D eigenvalue weighted by Gasteiger charge is 2.38. The number of amides is 15. The fourth-order valence-electron chi connectivity index (χ4n) is 13.7. The number of unbranched alkanes of at least 4 members (excludes halogenated alkanes) is 2. The topological polar surface area (TPSA) is 875 Å². The Kier molecular flexibility index (Phi) is 55.4. The number of nitrogens with two attached hydrogens (primary N) is 10. The quantitative estimate of drug-likeness (QED) is 0.00823. The Morgan fingerprint density at radius 2 is 0.812 bits per heavy atom. The predicted molar refractivity (Wildman–Crippen MR) is 528 cm³/mol. The van der Waals surface area contributed by atoms with E-state index in [0.29, 0.717) is 30.4 Å². The van der Waals surface area contributed by atoms with Crippen LogP contribution in [-0.2, 0) is 80.9 Å². The van der Waals surface area contributed by atoms with Gasteiger partial charge in [0.15, 0.2) is 29.8 Å². The Morgan fingerprint density at radius 3 is 1.28 bits per heavy atom. The average molecular weight is 1990 g/mol. The summed E-state index contributed by atoms with van der Waals surface area (Å²) in [5.41, 5.74) is 59.0. The van der Waals surface area contributed by atoms with Crippen molar-refractivity contribution in [3.8, 4) is 11.5 Å². The minimum absolute atomic E-state index is 0.000933. The molecule has 45 N–H and O–H groups in total. The highest BCUT2D eigenvalue weighted by atomic mass is 33.1. The molecular formula is C86H141N33O16S3.